The van der Waals surface area contributed by atoms with Crippen LogP contribution in [0.25, 0.3) is 11.1 Å². The van der Waals surface area contributed by atoms with Crippen LogP contribution in [-0.4, -0.2) is 54.4 Å². The molecule has 1 amide bonds. The van der Waals surface area contributed by atoms with Crippen LogP contribution in [0, 0.1) is 0 Å². The number of carbonyl (C=O) groups excluding carboxylic acids is 1. The summed E-state index contributed by atoms with van der Waals surface area (Å²) in [5.74, 6) is -0.851. The minimum absolute atomic E-state index is 0.0150. The van der Waals surface area contributed by atoms with Crippen molar-refractivity contribution in [2.75, 3.05) is 20.2 Å². The molecule has 1 saturated heterocycles. The van der Waals surface area contributed by atoms with Crippen molar-refractivity contribution in [2.45, 2.75) is 24.4 Å². The third-order valence-corrected chi connectivity index (χ3v) is 5.50. The van der Waals surface area contributed by atoms with Crippen LogP contribution in [0.1, 0.15) is 23.5 Å². The van der Waals surface area contributed by atoms with Crippen molar-refractivity contribution in [3.63, 3.8) is 0 Å². The molecule has 27 heavy (non-hydrogen) atoms. The van der Waals surface area contributed by atoms with Gasteiger partial charge in [-0.15, -0.1) is 0 Å². The Morgan fingerprint density at radius 1 is 1.11 bits per heavy atom. The number of hydrogen-bond donors (Lipinski definition) is 2. The Hall–Kier alpha value is -2.86. The van der Waals surface area contributed by atoms with Crippen molar-refractivity contribution in [1.29, 1.82) is 0 Å². The third kappa shape index (κ3) is 3.28. The lowest BCUT2D eigenvalue weighted by atomic mass is 9.98. The summed E-state index contributed by atoms with van der Waals surface area (Å²) >= 11 is 0. The van der Waals surface area contributed by atoms with Gasteiger partial charge in [0.1, 0.15) is 12.6 Å². The molecule has 1 heterocycles. The molecule has 1 fully saturated rings. The fourth-order valence-corrected chi connectivity index (χ4v) is 4.20. The van der Waals surface area contributed by atoms with Gasteiger partial charge in [0.25, 0.3) is 0 Å². The summed E-state index contributed by atoms with van der Waals surface area (Å²) in [5.41, 5.74) is 4.70. The van der Waals surface area contributed by atoms with Crippen molar-refractivity contribution >= 4 is 12.1 Å². The summed E-state index contributed by atoms with van der Waals surface area (Å²) in [6.07, 6.45) is -0.114. The molecule has 2 aliphatic rings. The maximum Gasteiger partial charge on any atom is 0.407 e. The quantitative estimate of drug-likeness (QED) is 0.870. The van der Waals surface area contributed by atoms with Crippen molar-refractivity contribution in [3.8, 4) is 11.1 Å². The predicted octanol–water partition coefficient (Wildman–Crippen LogP) is 2.68. The Morgan fingerprint density at radius 2 is 1.70 bits per heavy atom. The predicted molar refractivity (Wildman–Crippen MR) is 101 cm³/mol. The van der Waals surface area contributed by atoms with Gasteiger partial charge in [-0.05, 0) is 35.7 Å². The molecule has 0 aromatic heterocycles. The van der Waals surface area contributed by atoms with E-state index in [2.05, 4.69) is 29.6 Å². The molecule has 2 aromatic carbocycles. The molecule has 2 N–H and O–H groups in total. The first-order valence-electron chi connectivity index (χ1n) is 9.09. The molecule has 1 aliphatic carbocycles. The second-order valence-electron chi connectivity index (χ2n) is 7.20. The van der Waals surface area contributed by atoms with Gasteiger partial charge in [0.15, 0.2) is 0 Å². The third-order valence-electron chi connectivity index (χ3n) is 5.50. The largest absolute Gasteiger partial charge is 0.480 e. The van der Waals surface area contributed by atoms with E-state index in [9.17, 15) is 14.7 Å². The standard InChI is InChI=1S/C21H22N2O4/c1-23-11-13(10-19(23)20(24)25)22-21(26)27-12-18-16-8-4-2-6-14(16)15-7-3-5-9-17(15)18/h2-9,13,18-19H,10-12H2,1H3,(H,22,26)(H,24,25)/t13-,19-/m0/s1. The average molecular weight is 366 g/mol. The minimum Gasteiger partial charge on any atom is -0.480 e. The smallest absolute Gasteiger partial charge is 0.407 e. The molecular weight excluding hydrogens is 344 g/mol. The van der Waals surface area contributed by atoms with E-state index in [0.717, 1.165) is 11.1 Å². The Labute approximate surface area is 157 Å². The van der Waals surface area contributed by atoms with Crippen molar-refractivity contribution < 1.29 is 19.4 Å². The topological polar surface area (TPSA) is 78.9 Å². The lowest BCUT2D eigenvalue weighted by Crippen LogP contribution is -2.37. The van der Waals surface area contributed by atoms with Gasteiger partial charge in [-0.3, -0.25) is 9.69 Å². The summed E-state index contributed by atoms with van der Waals surface area (Å²) < 4.78 is 5.52. The van der Waals surface area contributed by atoms with E-state index in [-0.39, 0.29) is 18.6 Å². The van der Waals surface area contributed by atoms with Crippen molar-refractivity contribution in [1.82, 2.24) is 10.2 Å². The highest BCUT2D eigenvalue weighted by molar-refractivity contribution is 5.79. The number of aliphatic carboxylic acids is 1. The molecule has 0 unspecified atom stereocenters. The Morgan fingerprint density at radius 3 is 2.26 bits per heavy atom. The zero-order chi connectivity index (χ0) is 19.0. The Balaban J connectivity index is 1.41. The van der Waals surface area contributed by atoms with E-state index < -0.39 is 18.1 Å². The summed E-state index contributed by atoms with van der Waals surface area (Å²) in [6.45, 7) is 0.756. The van der Waals surface area contributed by atoms with Crippen LogP contribution < -0.4 is 5.32 Å². The number of nitrogens with one attached hydrogen (secondary N) is 1. The van der Waals surface area contributed by atoms with Crippen molar-refractivity contribution in [3.05, 3.63) is 59.7 Å². The first-order valence-corrected chi connectivity index (χ1v) is 9.09. The Bertz CT molecular complexity index is 836. The van der Waals surface area contributed by atoms with Crippen LogP contribution in [0.15, 0.2) is 48.5 Å². The number of fused-ring (bicyclic) bond motifs is 3. The minimum atomic E-state index is -0.866. The lowest BCUT2D eigenvalue weighted by Gasteiger charge is -2.16. The van der Waals surface area contributed by atoms with E-state index in [1.807, 2.05) is 24.3 Å². The number of alkyl carbamates (subject to hydrolysis) is 1. The van der Waals surface area contributed by atoms with Crippen molar-refractivity contribution in [2.24, 2.45) is 0 Å². The molecule has 2 atom stereocenters. The van der Waals surface area contributed by atoms with Crippen LogP contribution >= 0.6 is 0 Å². The molecule has 6 heteroatoms. The number of amides is 1. The zero-order valence-electron chi connectivity index (χ0n) is 15.1. The van der Waals surface area contributed by atoms with E-state index in [0.29, 0.717) is 13.0 Å². The fraction of sp³-hybridized carbons (Fsp3) is 0.333. The number of ether oxygens (including phenoxy) is 1. The highest BCUT2D eigenvalue weighted by atomic mass is 16.5. The molecule has 0 saturated carbocycles. The SMILES string of the molecule is CN1C[C@@H](NC(=O)OCC2c3ccccc3-c3ccccc32)C[C@H]1C(=O)O. The van der Waals surface area contributed by atoms with Gasteiger partial charge in [0, 0.05) is 18.5 Å². The molecule has 4 rings (SSSR count). The number of carboxylic acids is 1. The van der Waals surface area contributed by atoms with Crippen LogP contribution in [-0.2, 0) is 9.53 Å². The molecule has 140 valence electrons. The molecule has 6 nitrogen and oxygen atoms in total. The number of nitrogens with zero attached hydrogens (tertiary/aromatic N) is 1. The zero-order valence-corrected chi connectivity index (χ0v) is 15.1. The second kappa shape index (κ2) is 7.04. The van der Waals surface area contributed by atoms with Gasteiger partial charge in [-0.2, -0.15) is 0 Å². The molecule has 0 radical (unpaired) electrons. The monoisotopic (exact) mass is 366 g/mol. The van der Waals surface area contributed by atoms with Crippen LogP contribution in [0.4, 0.5) is 4.79 Å². The second-order valence-corrected chi connectivity index (χ2v) is 7.20. The number of carbonyl (C=O) groups is 2. The van der Waals surface area contributed by atoms with Gasteiger partial charge in [-0.1, -0.05) is 48.5 Å². The van der Waals surface area contributed by atoms with Gasteiger partial charge in [-0.25, -0.2) is 4.79 Å². The highest BCUT2D eigenvalue weighted by Crippen LogP contribution is 2.44. The number of hydrogen-bond acceptors (Lipinski definition) is 4. The molecule has 1 aliphatic heterocycles. The van der Waals surface area contributed by atoms with Crippen LogP contribution in [0.5, 0.6) is 0 Å². The molecule has 2 aromatic rings. The lowest BCUT2D eigenvalue weighted by molar-refractivity contribution is -0.141. The van der Waals surface area contributed by atoms with Gasteiger partial charge >= 0.3 is 12.1 Å². The summed E-state index contributed by atoms with van der Waals surface area (Å²) in [5, 5.41) is 12.0. The fourth-order valence-electron chi connectivity index (χ4n) is 4.20. The highest BCUT2D eigenvalue weighted by Gasteiger charge is 2.35. The number of benzene rings is 2. The summed E-state index contributed by atoms with van der Waals surface area (Å²) in [7, 11) is 1.75. The summed E-state index contributed by atoms with van der Waals surface area (Å²) in [6, 6.07) is 15.6. The van der Waals surface area contributed by atoms with Crippen LogP contribution in [0.2, 0.25) is 0 Å². The maximum atomic E-state index is 12.3. The summed E-state index contributed by atoms with van der Waals surface area (Å²) in [4.78, 5) is 25.2. The van der Waals surface area contributed by atoms with E-state index >= 15 is 0 Å². The van der Waals surface area contributed by atoms with Gasteiger partial charge in [0.2, 0.25) is 0 Å². The number of likely N-dealkylation sites (tertiary alicyclic amines) is 1. The Kier molecular flexibility index (Phi) is 4.58. The molecule has 0 spiro atoms. The first-order chi connectivity index (χ1) is 13.0. The molecular formula is C21H22N2O4. The van der Waals surface area contributed by atoms with Gasteiger partial charge in [0.05, 0.1) is 0 Å². The van der Waals surface area contributed by atoms with E-state index in [4.69, 9.17) is 4.74 Å². The number of carboxylic acid groups (broad SMARTS) is 1. The van der Waals surface area contributed by atoms with E-state index in [1.54, 1.807) is 11.9 Å². The average Bonchev–Trinajstić information content (AvgIpc) is 3.18. The number of likely N-dealkylation sites (N-methyl/N-ethyl adjacent to an activating group) is 1. The maximum absolute atomic E-state index is 12.3. The number of rotatable bonds is 4. The first kappa shape index (κ1) is 17.5. The van der Waals surface area contributed by atoms with E-state index in [1.165, 1.54) is 11.1 Å². The normalized spacial score (nSPS) is 21.5. The molecule has 0 bridgehead atoms. The van der Waals surface area contributed by atoms with Crippen LogP contribution in [0.3, 0.4) is 0 Å². The van der Waals surface area contributed by atoms with Gasteiger partial charge < -0.3 is 15.2 Å².